The maximum atomic E-state index is 10.8. The van der Waals surface area contributed by atoms with Crippen molar-refractivity contribution < 1.29 is 9.90 Å². The zero-order valence-corrected chi connectivity index (χ0v) is 12.4. The molecule has 0 radical (unpaired) electrons. The molecule has 112 valence electrons. The predicted octanol–water partition coefficient (Wildman–Crippen LogP) is 2.59. The van der Waals surface area contributed by atoms with E-state index in [2.05, 4.69) is 29.2 Å². The molecule has 0 spiro atoms. The molecule has 1 saturated heterocycles. The summed E-state index contributed by atoms with van der Waals surface area (Å²) in [6, 6.07) is 9.63. The van der Waals surface area contributed by atoms with Crippen molar-refractivity contribution in [3.8, 4) is 0 Å². The number of hydrogen-bond donors (Lipinski definition) is 1. The summed E-state index contributed by atoms with van der Waals surface area (Å²) in [5, 5.41) is 8.91. The minimum Gasteiger partial charge on any atom is -0.481 e. The number of carboxylic acid groups (broad SMARTS) is 1. The van der Waals surface area contributed by atoms with Crippen molar-refractivity contribution >= 4 is 5.97 Å². The third kappa shape index (κ3) is 2.38. The third-order valence-corrected chi connectivity index (χ3v) is 5.83. The molecule has 1 saturated carbocycles. The Labute approximate surface area is 126 Å². The van der Waals surface area contributed by atoms with Crippen LogP contribution in [-0.2, 0) is 17.6 Å². The lowest BCUT2D eigenvalue weighted by molar-refractivity contribution is -0.140. The largest absolute Gasteiger partial charge is 0.481 e. The van der Waals surface area contributed by atoms with Crippen LogP contribution in [0.25, 0.3) is 0 Å². The van der Waals surface area contributed by atoms with Gasteiger partial charge in [-0.05, 0) is 54.6 Å². The molecule has 1 aromatic carbocycles. The van der Waals surface area contributed by atoms with E-state index in [1.165, 1.54) is 25.7 Å². The van der Waals surface area contributed by atoms with Gasteiger partial charge in [0.2, 0.25) is 0 Å². The summed E-state index contributed by atoms with van der Waals surface area (Å²) in [5.41, 5.74) is 3.11. The van der Waals surface area contributed by atoms with Gasteiger partial charge < -0.3 is 5.11 Å². The second-order valence-electron chi connectivity index (χ2n) is 7.18. The average molecular weight is 285 g/mol. The van der Waals surface area contributed by atoms with E-state index in [1.54, 1.807) is 11.1 Å². The van der Waals surface area contributed by atoms with Crippen LogP contribution in [0.3, 0.4) is 0 Å². The molecular formula is C18H23NO2. The first-order chi connectivity index (χ1) is 10.2. The minimum absolute atomic E-state index is 0.346. The van der Waals surface area contributed by atoms with Gasteiger partial charge in [-0.25, -0.2) is 0 Å². The molecule has 3 heteroatoms. The van der Waals surface area contributed by atoms with Crippen molar-refractivity contribution in [3.63, 3.8) is 0 Å². The lowest BCUT2D eigenvalue weighted by atomic mass is 9.86. The summed E-state index contributed by atoms with van der Waals surface area (Å²) >= 11 is 0. The fourth-order valence-corrected chi connectivity index (χ4v) is 4.95. The quantitative estimate of drug-likeness (QED) is 0.928. The molecular weight excluding hydrogens is 262 g/mol. The van der Waals surface area contributed by atoms with Gasteiger partial charge in [0, 0.05) is 19.1 Å². The lowest BCUT2D eigenvalue weighted by Gasteiger charge is -2.46. The lowest BCUT2D eigenvalue weighted by Crippen LogP contribution is -2.55. The Morgan fingerprint density at radius 2 is 1.67 bits per heavy atom. The monoisotopic (exact) mass is 285 g/mol. The first-order valence-electron chi connectivity index (χ1n) is 8.23. The van der Waals surface area contributed by atoms with Crippen molar-refractivity contribution in [1.82, 2.24) is 4.90 Å². The van der Waals surface area contributed by atoms with E-state index in [0.29, 0.717) is 18.4 Å². The van der Waals surface area contributed by atoms with Crippen LogP contribution in [0.5, 0.6) is 0 Å². The van der Waals surface area contributed by atoms with Gasteiger partial charge in [0.1, 0.15) is 0 Å². The number of likely N-dealkylation sites (tertiary alicyclic amines) is 1. The van der Waals surface area contributed by atoms with Crippen molar-refractivity contribution in [2.75, 3.05) is 13.1 Å². The molecule has 1 N–H and O–H groups in total. The smallest absolute Gasteiger partial charge is 0.303 e. The van der Waals surface area contributed by atoms with Crippen LogP contribution in [-0.4, -0.2) is 35.1 Å². The van der Waals surface area contributed by atoms with Crippen LogP contribution < -0.4 is 0 Å². The topological polar surface area (TPSA) is 40.5 Å². The highest BCUT2D eigenvalue weighted by Gasteiger charge is 2.45. The molecule has 1 aliphatic heterocycles. The van der Waals surface area contributed by atoms with Gasteiger partial charge >= 0.3 is 5.97 Å². The summed E-state index contributed by atoms with van der Waals surface area (Å²) in [6.07, 6.45) is 5.49. The predicted molar refractivity (Wildman–Crippen MR) is 81.2 cm³/mol. The van der Waals surface area contributed by atoms with Crippen molar-refractivity contribution in [2.24, 2.45) is 17.8 Å². The minimum atomic E-state index is -0.643. The zero-order valence-electron chi connectivity index (χ0n) is 12.4. The summed E-state index contributed by atoms with van der Waals surface area (Å²) in [6.45, 7) is 2.00. The second kappa shape index (κ2) is 5.13. The van der Waals surface area contributed by atoms with Gasteiger partial charge in [0.05, 0.1) is 6.42 Å². The van der Waals surface area contributed by atoms with Crippen LogP contribution in [0.4, 0.5) is 0 Å². The molecule has 2 bridgehead atoms. The van der Waals surface area contributed by atoms with Crippen LogP contribution in [0.1, 0.15) is 30.4 Å². The van der Waals surface area contributed by atoms with Gasteiger partial charge in [0.25, 0.3) is 0 Å². The Bertz CT molecular complexity index is 517. The fraction of sp³-hybridized carbons (Fsp3) is 0.611. The standard InChI is InChI=1S/C18H23NO2/c20-17(21)7-12-10-19(11-12)18-15-5-6-16(18)9-14-4-2-1-3-13(14)8-15/h1-4,12,15-16,18H,5-11H2,(H,20,21). The van der Waals surface area contributed by atoms with E-state index < -0.39 is 5.97 Å². The molecule has 2 unspecified atom stereocenters. The van der Waals surface area contributed by atoms with E-state index >= 15 is 0 Å². The molecule has 0 aromatic heterocycles. The van der Waals surface area contributed by atoms with Crippen molar-refractivity contribution in [2.45, 2.75) is 38.1 Å². The first-order valence-corrected chi connectivity index (χ1v) is 8.23. The number of aliphatic carboxylic acids is 1. The van der Waals surface area contributed by atoms with E-state index in [1.807, 2.05) is 0 Å². The molecule has 2 fully saturated rings. The highest BCUT2D eigenvalue weighted by molar-refractivity contribution is 5.67. The zero-order chi connectivity index (χ0) is 14.4. The van der Waals surface area contributed by atoms with E-state index in [9.17, 15) is 4.79 Å². The Morgan fingerprint density at radius 1 is 1.10 bits per heavy atom. The molecule has 0 amide bonds. The fourth-order valence-electron chi connectivity index (χ4n) is 4.95. The molecule has 4 rings (SSSR count). The summed E-state index contributed by atoms with van der Waals surface area (Å²) in [4.78, 5) is 13.4. The van der Waals surface area contributed by atoms with Gasteiger partial charge in [-0.1, -0.05) is 24.3 Å². The Morgan fingerprint density at radius 3 is 2.19 bits per heavy atom. The number of fused-ring (bicyclic) bond motifs is 3. The highest BCUT2D eigenvalue weighted by atomic mass is 16.4. The SMILES string of the molecule is O=C(O)CC1CN(C2C3CCC2Cc2ccccc2C3)C1. The molecule has 1 heterocycles. The molecule has 3 nitrogen and oxygen atoms in total. The van der Waals surface area contributed by atoms with E-state index in [0.717, 1.165) is 24.9 Å². The number of hydrogen-bond acceptors (Lipinski definition) is 2. The maximum Gasteiger partial charge on any atom is 0.303 e. The van der Waals surface area contributed by atoms with Crippen LogP contribution >= 0.6 is 0 Å². The van der Waals surface area contributed by atoms with Crippen LogP contribution in [0, 0.1) is 17.8 Å². The Hall–Kier alpha value is -1.35. The number of rotatable bonds is 3. The molecule has 1 aromatic rings. The number of carbonyl (C=O) groups is 1. The Balaban J connectivity index is 1.48. The molecule has 3 aliphatic rings. The molecule has 2 atom stereocenters. The van der Waals surface area contributed by atoms with Crippen molar-refractivity contribution in [1.29, 1.82) is 0 Å². The van der Waals surface area contributed by atoms with Crippen LogP contribution in [0.2, 0.25) is 0 Å². The average Bonchev–Trinajstić information content (AvgIpc) is 2.68. The van der Waals surface area contributed by atoms with Gasteiger partial charge in [-0.3, -0.25) is 9.69 Å². The summed E-state index contributed by atoms with van der Waals surface area (Å²) in [5.74, 6) is 1.30. The van der Waals surface area contributed by atoms with Gasteiger partial charge in [-0.15, -0.1) is 0 Å². The highest BCUT2D eigenvalue weighted by Crippen LogP contribution is 2.44. The first kappa shape index (κ1) is 13.3. The molecule has 2 aliphatic carbocycles. The third-order valence-electron chi connectivity index (χ3n) is 5.83. The van der Waals surface area contributed by atoms with E-state index in [4.69, 9.17) is 5.11 Å². The number of nitrogens with zero attached hydrogens (tertiary/aromatic N) is 1. The Kier molecular flexibility index (Phi) is 3.26. The van der Waals surface area contributed by atoms with Gasteiger partial charge in [0.15, 0.2) is 0 Å². The van der Waals surface area contributed by atoms with E-state index in [-0.39, 0.29) is 0 Å². The van der Waals surface area contributed by atoms with Crippen molar-refractivity contribution in [3.05, 3.63) is 35.4 Å². The number of benzene rings is 1. The second-order valence-corrected chi connectivity index (χ2v) is 7.18. The summed E-state index contributed by atoms with van der Waals surface area (Å²) < 4.78 is 0. The summed E-state index contributed by atoms with van der Waals surface area (Å²) in [7, 11) is 0. The maximum absolute atomic E-state index is 10.8. The van der Waals surface area contributed by atoms with Gasteiger partial charge in [-0.2, -0.15) is 0 Å². The van der Waals surface area contributed by atoms with Crippen LogP contribution in [0.15, 0.2) is 24.3 Å². The number of carboxylic acids is 1. The molecule has 21 heavy (non-hydrogen) atoms. The normalized spacial score (nSPS) is 32.3.